The molecule has 0 aliphatic heterocycles. The lowest BCUT2D eigenvalue weighted by Crippen LogP contribution is -2.28. The third-order valence-corrected chi connectivity index (χ3v) is 2.21. The molecule has 0 spiro atoms. The molecule has 0 bridgehead atoms. The van der Waals surface area contributed by atoms with Crippen molar-refractivity contribution < 1.29 is 10.2 Å². The van der Waals surface area contributed by atoms with Gasteiger partial charge in [0.15, 0.2) is 0 Å². The number of halogens is 1. The largest absolute Gasteiger partial charge is 0.394 e. The van der Waals surface area contributed by atoms with E-state index in [4.69, 9.17) is 21.8 Å². The highest BCUT2D eigenvalue weighted by molar-refractivity contribution is 6.29. The fourth-order valence-corrected chi connectivity index (χ4v) is 1.32. The summed E-state index contributed by atoms with van der Waals surface area (Å²) in [5, 5.41) is 21.1. The second-order valence-corrected chi connectivity index (χ2v) is 4.18. The van der Waals surface area contributed by atoms with Gasteiger partial charge < -0.3 is 15.5 Å². The van der Waals surface area contributed by atoms with Gasteiger partial charge in [-0.1, -0.05) is 25.4 Å². The number of anilines is 1. The Balaban J connectivity index is 2.87. The lowest BCUT2D eigenvalue weighted by molar-refractivity contribution is 0.203. The van der Waals surface area contributed by atoms with Crippen molar-refractivity contribution >= 4 is 17.4 Å². The molecule has 0 fully saturated rings. The van der Waals surface area contributed by atoms with Crippen LogP contribution in [-0.2, 0) is 0 Å². The first-order valence-electron chi connectivity index (χ1n) is 5.09. The van der Waals surface area contributed by atoms with Crippen molar-refractivity contribution in [2.45, 2.75) is 25.8 Å². The minimum absolute atomic E-state index is 0.168. The molecule has 0 aliphatic carbocycles. The molecule has 0 unspecified atom stereocenters. The highest BCUT2D eigenvalue weighted by atomic mass is 35.5. The summed E-state index contributed by atoms with van der Waals surface area (Å²) in [4.78, 5) is 8.32. The summed E-state index contributed by atoms with van der Waals surface area (Å²) in [6, 6.07) is 1.12. The number of rotatable bonds is 5. The monoisotopic (exact) mass is 245 g/mol. The van der Waals surface area contributed by atoms with Gasteiger partial charge >= 0.3 is 0 Å². The third kappa shape index (κ3) is 3.59. The average Bonchev–Trinajstić information content (AvgIpc) is 2.25. The van der Waals surface area contributed by atoms with Crippen LogP contribution in [0.2, 0.25) is 5.15 Å². The van der Waals surface area contributed by atoms with Crippen molar-refractivity contribution in [2.75, 3.05) is 18.5 Å². The highest BCUT2D eigenvalue weighted by Gasteiger charge is 2.10. The lowest BCUT2D eigenvalue weighted by atomic mass is 10.2. The molecule has 0 radical (unpaired) electrons. The minimum Gasteiger partial charge on any atom is -0.394 e. The molecule has 0 atom stereocenters. The van der Waals surface area contributed by atoms with E-state index < -0.39 is 6.04 Å². The fourth-order valence-electron chi connectivity index (χ4n) is 1.13. The molecule has 16 heavy (non-hydrogen) atoms. The van der Waals surface area contributed by atoms with Crippen LogP contribution in [-0.4, -0.2) is 39.4 Å². The van der Waals surface area contributed by atoms with Crippen LogP contribution in [0.25, 0.3) is 0 Å². The van der Waals surface area contributed by atoms with E-state index in [1.165, 1.54) is 0 Å². The molecule has 0 amide bonds. The zero-order valence-electron chi connectivity index (χ0n) is 9.31. The van der Waals surface area contributed by atoms with Gasteiger partial charge in [0.05, 0.1) is 19.3 Å². The van der Waals surface area contributed by atoms with Gasteiger partial charge in [0.2, 0.25) is 0 Å². The molecular weight excluding hydrogens is 230 g/mol. The van der Waals surface area contributed by atoms with E-state index in [1.807, 2.05) is 13.8 Å². The summed E-state index contributed by atoms with van der Waals surface area (Å²) in [7, 11) is 0. The first-order valence-corrected chi connectivity index (χ1v) is 5.47. The van der Waals surface area contributed by atoms with Crippen LogP contribution in [0.3, 0.4) is 0 Å². The van der Waals surface area contributed by atoms with Crippen molar-refractivity contribution in [3.05, 3.63) is 17.0 Å². The number of hydrogen-bond acceptors (Lipinski definition) is 5. The Morgan fingerprint density at radius 1 is 1.31 bits per heavy atom. The summed E-state index contributed by atoms with van der Waals surface area (Å²) in [5.74, 6) is 1.31. The van der Waals surface area contributed by atoms with Crippen LogP contribution in [0, 0.1) is 0 Å². The Morgan fingerprint density at radius 3 is 2.44 bits per heavy atom. The molecule has 1 heterocycles. The SMILES string of the molecule is CC(C)c1nc(Cl)cc(NC(CO)CO)n1. The molecule has 0 aliphatic rings. The van der Waals surface area contributed by atoms with Crippen molar-refractivity contribution in [1.29, 1.82) is 0 Å². The zero-order valence-corrected chi connectivity index (χ0v) is 10.1. The molecule has 0 saturated carbocycles. The number of hydrogen-bond donors (Lipinski definition) is 3. The summed E-state index contributed by atoms with van der Waals surface area (Å²) in [6.45, 7) is 3.58. The molecule has 90 valence electrons. The Kier molecular flexibility index (Phi) is 4.92. The first kappa shape index (κ1) is 13.2. The maximum atomic E-state index is 8.94. The summed E-state index contributed by atoms with van der Waals surface area (Å²) < 4.78 is 0. The van der Waals surface area contributed by atoms with Crippen molar-refractivity contribution in [3.8, 4) is 0 Å². The maximum Gasteiger partial charge on any atom is 0.135 e. The van der Waals surface area contributed by atoms with Crippen LogP contribution in [0.15, 0.2) is 6.07 Å². The topological polar surface area (TPSA) is 78.3 Å². The lowest BCUT2D eigenvalue weighted by Gasteiger charge is -2.15. The number of aliphatic hydroxyl groups is 2. The molecular formula is C10H16ClN3O2. The number of aliphatic hydroxyl groups excluding tert-OH is 2. The number of aromatic nitrogens is 2. The Labute approximate surface area is 99.5 Å². The van der Waals surface area contributed by atoms with Gasteiger partial charge in [-0.25, -0.2) is 9.97 Å². The van der Waals surface area contributed by atoms with Gasteiger partial charge in [0.25, 0.3) is 0 Å². The second kappa shape index (κ2) is 5.98. The van der Waals surface area contributed by atoms with Crippen molar-refractivity contribution in [3.63, 3.8) is 0 Å². The highest BCUT2D eigenvalue weighted by Crippen LogP contribution is 2.17. The van der Waals surface area contributed by atoms with E-state index in [0.29, 0.717) is 16.8 Å². The van der Waals surface area contributed by atoms with Crippen LogP contribution < -0.4 is 5.32 Å². The maximum absolute atomic E-state index is 8.94. The van der Waals surface area contributed by atoms with Crippen molar-refractivity contribution in [1.82, 2.24) is 9.97 Å². The predicted molar refractivity (Wildman–Crippen MR) is 62.7 cm³/mol. The Hall–Kier alpha value is -0.910. The molecule has 0 saturated heterocycles. The first-order chi connectivity index (χ1) is 7.56. The molecule has 1 aromatic heterocycles. The van der Waals surface area contributed by atoms with Gasteiger partial charge in [0.1, 0.15) is 16.8 Å². The second-order valence-electron chi connectivity index (χ2n) is 3.80. The Morgan fingerprint density at radius 2 is 1.94 bits per heavy atom. The van der Waals surface area contributed by atoms with E-state index >= 15 is 0 Å². The molecule has 5 nitrogen and oxygen atoms in total. The van der Waals surface area contributed by atoms with Crippen LogP contribution in [0.1, 0.15) is 25.6 Å². The van der Waals surface area contributed by atoms with E-state index in [-0.39, 0.29) is 19.1 Å². The Bertz CT molecular complexity index is 343. The van der Waals surface area contributed by atoms with Gasteiger partial charge in [0, 0.05) is 12.0 Å². The van der Waals surface area contributed by atoms with Crippen LogP contribution in [0.5, 0.6) is 0 Å². The summed E-state index contributed by atoms with van der Waals surface area (Å²) in [6.07, 6.45) is 0. The molecule has 1 aromatic rings. The standard InChI is InChI=1S/C10H16ClN3O2/c1-6(2)10-13-8(11)3-9(14-10)12-7(4-15)5-16/h3,6-7,15-16H,4-5H2,1-2H3,(H,12,13,14). The van der Waals surface area contributed by atoms with E-state index in [2.05, 4.69) is 15.3 Å². The zero-order chi connectivity index (χ0) is 12.1. The normalized spacial score (nSPS) is 11.2. The van der Waals surface area contributed by atoms with E-state index in [0.717, 1.165) is 0 Å². The van der Waals surface area contributed by atoms with E-state index in [9.17, 15) is 0 Å². The quantitative estimate of drug-likeness (QED) is 0.675. The number of nitrogens with zero attached hydrogens (tertiary/aromatic N) is 2. The van der Waals surface area contributed by atoms with Gasteiger partial charge in [-0.15, -0.1) is 0 Å². The number of nitrogens with one attached hydrogen (secondary N) is 1. The van der Waals surface area contributed by atoms with Crippen LogP contribution in [0.4, 0.5) is 5.82 Å². The average molecular weight is 246 g/mol. The molecule has 6 heteroatoms. The van der Waals surface area contributed by atoms with Gasteiger partial charge in [-0.3, -0.25) is 0 Å². The van der Waals surface area contributed by atoms with Crippen molar-refractivity contribution in [2.24, 2.45) is 0 Å². The summed E-state index contributed by atoms with van der Waals surface area (Å²) in [5.41, 5.74) is 0. The summed E-state index contributed by atoms with van der Waals surface area (Å²) >= 11 is 5.85. The van der Waals surface area contributed by atoms with Gasteiger partial charge in [-0.05, 0) is 0 Å². The predicted octanol–water partition coefficient (Wildman–Crippen LogP) is 1.02. The fraction of sp³-hybridized carbons (Fsp3) is 0.600. The molecule has 0 aromatic carbocycles. The minimum atomic E-state index is -0.439. The molecule has 1 rings (SSSR count). The molecule has 3 N–H and O–H groups in total. The van der Waals surface area contributed by atoms with Gasteiger partial charge in [-0.2, -0.15) is 0 Å². The third-order valence-electron chi connectivity index (χ3n) is 2.02. The van der Waals surface area contributed by atoms with Crippen LogP contribution >= 0.6 is 11.6 Å². The smallest absolute Gasteiger partial charge is 0.135 e. The van der Waals surface area contributed by atoms with E-state index in [1.54, 1.807) is 6.07 Å².